The molecule has 2 aromatic heterocycles. The van der Waals surface area contributed by atoms with Gasteiger partial charge >= 0.3 is 6.03 Å². The Labute approximate surface area is 229 Å². The van der Waals surface area contributed by atoms with E-state index >= 15 is 0 Å². The Morgan fingerprint density at radius 2 is 1.85 bits per heavy atom. The first-order valence-corrected chi connectivity index (χ1v) is 12.8. The van der Waals surface area contributed by atoms with Crippen LogP contribution in [0.3, 0.4) is 0 Å². The average Bonchev–Trinajstić information content (AvgIpc) is 3.63. The maximum Gasteiger partial charge on any atom is 0.320 e. The Balaban J connectivity index is 1.43. The van der Waals surface area contributed by atoms with Gasteiger partial charge in [-0.05, 0) is 36.8 Å². The lowest BCUT2D eigenvalue weighted by Gasteiger charge is -2.21. The largest absolute Gasteiger partial charge is 0.383 e. The molecule has 2 aromatic carbocycles. The molecule has 0 saturated carbocycles. The summed E-state index contributed by atoms with van der Waals surface area (Å²) >= 11 is 0. The van der Waals surface area contributed by atoms with Gasteiger partial charge in [0.1, 0.15) is 11.5 Å². The monoisotopic (exact) mass is 553 g/mol. The summed E-state index contributed by atoms with van der Waals surface area (Å²) in [5.41, 5.74) is 3.21. The van der Waals surface area contributed by atoms with Crippen molar-refractivity contribution in [3.8, 4) is 16.9 Å². The SMILES string of the molecule is COCCN1C[C@@H](NC(=O)Nc2c(C)c(-c3cnn(C)c3)nn2-c2ccccc2)[C@H](c2cc(F)c(F)c(F)c2)C1. The summed E-state index contributed by atoms with van der Waals surface area (Å²) in [6.07, 6.45) is 3.54. The summed E-state index contributed by atoms with van der Waals surface area (Å²) in [4.78, 5) is 15.4. The van der Waals surface area contributed by atoms with Gasteiger partial charge in [-0.1, -0.05) is 18.2 Å². The third kappa shape index (κ3) is 5.58. The first-order chi connectivity index (χ1) is 19.2. The highest BCUT2D eigenvalue weighted by atomic mass is 19.2. The van der Waals surface area contributed by atoms with Crippen molar-refractivity contribution in [2.75, 3.05) is 38.7 Å². The minimum absolute atomic E-state index is 0.269. The fourth-order valence-corrected chi connectivity index (χ4v) is 5.09. The molecule has 1 saturated heterocycles. The summed E-state index contributed by atoms with van der Waals surface area (Å²) in [7, 11) is 3.39. The number of hydrogen-bond donors (Lipinski definition) is 2. The Morgan fingerprint density at radius 3 is 2.50 bits per heavy atom. The molecule has 5 rings (SSSR count). The molecule has 210 valence electrons. The molecule has 40 heavy (non-hydrogen) atoms. The highest BCUT2D eigenvalue weighted by Crippen LogP contribution is 2.32. The fraction of sp³-hybridized carbons (Fsp3) is 0.321. The number of amides is 2. The van der Waals surface area contributed by atoms with E-state index in [0.29, 0.717) is 37.8 Å². The molecule has 0 spiro atoms. The first kappa shape index (κ1) is 27.4. The van der Waals surface area contributed by atoms with Crippen LogP contribution in [-0.4, -0.2) is 69.9 Å². The Hall–Kier alpha value is -4.16. The third-order valence-corrected chi connectivity index (χ3v) is 7.09. The molecule has 1 fully saturated rings. The van der Waals surface area contributed by atoms with Crippen LogP contribution in [0, 0.1) is 24.4 Å². The second-order valence-electron chi connectivity index (χ2n) is 9.83. The standard InChI is InChI=1S/C28H30F3N7O2/c1-17-26(19-13-32-36(2)14-19)35-38(20-7-5-4-6-8-20)27(17)34-28(39)33-24-16-37(9-10-40-3)15-21(24)18-11-22(29)25(31)23(30)12-18/h4-8,11-14,21,24H,9-10,15-16H2,1-3H3,(H2,33,34,39)/t21-,24+/m0/s1. The summed E-state index contributed by atoms with van der Waals surface area (Å²) in [6.45, 7) is 3.70. The number of aryl methyl sites for hydroxylation is 1. The van der Waals surface area contributed by atoms with Crippen LogP contribution in [0.2, 0.25) is 0 Å². The van der Waals surface area contributed by atoms with Gasteiger partial charge in [-0.25, -0.2) is 22.6 Å². The van der Waals surface area contributed by atoms with Crippen LogP contribution in [0.25, 0.3) is 16.9 Å². The molecule has 0 radical (unpaired) electrons. The van der Waals surface area contributed by atoms with Gasteiger partial charge in [-0.2, -0.15) is 10.2 Å². The quantitative estimate of drug-likeness (QED) is 0.319. The zero-order valence-corrected chi connectivity index (χ0v) is 22.4. The number of para-hydroxylation sites is 1. The minimum Gasteiger partial charge on any atom is -0.383 e. The number of ether oxygens (including phenoxy) is 1. The third-order valence-electron chi connectivity index (χ3n) is 7.09. The van der Waals surface area contributed by atoms with Crippen LogP contribution >= 0.6 is 0 Å². The molecular formula is C28H30F3N7O2. The lowest BCUT2D eigenvalue weighted by Crippen LogP contribution is -2.42. The number of carbonyl (C=O) groups is 1. The van der Waals surface area contributed by atoms with Gasteiger partial charge in [0.2, 0.25) is 0 Å². The highest BCUT2D eigenvalue weighted by molar-refractivity contribution is 5.91. The molecule has 2 N–H and O–H groups in total. The molecule has 4 aromatic rings. The molecule has 1 aliphatic rings. The first-order valence-electron chi connectivity index (χ1n) is 12.8. The van der Waals surface area contributed by atoms with Gasteiger partial charge in [0.05, 0.1) is 24.5 Å². The van der Waals surface area contributed by atoms with Crippen molar-refractivity contribution in [1.82, 2.24) is 29.8 Å². The number of nitrogens with zero attached hydrogens (tertiary/aromatic N) is 5. The average molecular weight is 554 g/mol. The molecule has 12 heteroatoms. The Morgan fingerprint density at radius 1 is 1.12 bits per heavy atom. The maximum absolute atomic E-state index is 14.1. The smallest absolute Gasteiger partial charge is 0.320 e. The van der Waals surface area contributed by atoms with E-state index in [9.17, 15) is 18.0 Å². The van der Waals surface area contributed by atoms with Crippen LogP contribution in [0.5, 0.6) is 0 Å². The molecule has 1 aliphatic heterocycles. The zero-order chi connectivity index (χ0) is 28.4. The van der Waals surface area contributed by atoms with Crippen LogP contribution < -0.4 is 10.6 Å². The van der Waals surface area contributed by atoms with Gasteiger partial charge < -0.3 is 10.1 Å². The number of likely N-dealkylation sites (tertiary alicyclic amines) is 1. The Bertz CT molecular complexity index is 1480. The van der Waals surface area contributed by atoms with Gasteiger partial charge in [0, 0.05) is 57.0 Å². The number of aromatic nitrogens is 4. The van der Waals surface area contributed by atoms with Crippen molar-refractivity contribution in [1.29, 1.82) is 0 Å². The van der Waals surface area contributed by atoms with Crippen LogP contribution in [-0.2, 0) is 11.8 Å². The lowest BCUT2D eigenvalue weighted by atomic mass is 9.94. The predicted octanol–water partition coefficient (Wildman–Crippen LogP) is 4.23. The molecule has 3 heterocycles. The van der Waals surface area contributed by atoms with Gasteiger partial charge in [0.15, 0.2) is 17.5 Å². The number of hydrogen-bond acceptors (Lipinski definition) is 5. The number of nitrogens with one attached hydrogen (secondary N) is 2. The molecule has 2 atom stereocenters. The van der Waals surface area contributed by atoms with E-state index in [1.807, 2.05) is 55.4 Å². The lowest BCUT2D eigenvalue weighted by molar-refractivity contribution is 0.159. The van der Waals surface area contributed by atoms with Crippen LogP contribution in [0.15, 0.2) is 54.9 Å². The number of halogens is 3. The summed E-state index contributed by atoms with van der Waals surface area (Å²) in [5.74, 6) is -4.06. The van der Waals surface area contributed by atoms with Crippen molar-refractivity contribution in [3.63, 3.8) is 0 Å². The van der Waals surface area contributed by atoms with Crippen molar-refractivity contribution >= 4 is 11.8 Å². The number of urea groups is 1. The van der Waals surface area contributed by atoms with Crippen molar-refractivity contribution in [3.05, 3.63) is 83.4 Å². The second kappa shape index (κ2) is 11.5. The van der Waals surface area contributed by atoms with E-state index in [1.165, 1.54) is 0 Å². The molecule has 9 nitrogen and oxygen atoms in total. The van der Waals surface area contributed by atoms with E-state index in [0.717, 1.165) is 28.9 Å². The van der Waals surface area contributed by atoms with Crippen LogP contribution in [0.1, 0.15) is 17.0 Å². The Kier molecular flexibility index (Phi) is 7.90. The van der Waals surface area contributed by atoms with E-state index in [2.05, 4.69) is 15.7 Å². The number of benzene rings is 2. The molecule has 2 amide bonds. The summed E-state index contributed by atoms with van der Waals surface area (Å²) in [5, 5.41) is 14.9. The zero-order valence-electron chi connectivity index (χ0n) is 22.4. The second-order valence-corrected chi connectivity index (χ2v) is 9.83. The number of anilines is 1. The van der Waals surface area contributed by atoms with Gasteiger partial charge in [-0.3, -0.25) is 14.9 Å². The molecular weight excluding hydrogens is 523 g/mol. The van der Waals surface area contributed by atoms with E-state index in [1.54, 1.807) is 22.7 Å². The topological polar surface area (TPSA) is 89.2 Å². The molecule has 0 unspecified atom stereocenters. The summed E-state index contributed by atoms with van der Waals surface area (Å²) in [6, 6.07) is 10.4. The van der Waals surface area contributed by atoms with E-state index in [4.69, 9.17) is 9.84 Å². The van der Waals surface area contributed by atoms with E-state index in [-0.39, 0.29) is 5.56 Å². The predicted molar refractivity (Wildman–Crippen MR) is 144 cm³/mol. The normalized spacial score (nSPS) is 17.4. The van der Waals surface area contributed by atoms with E-state index < -0.39 is 35.4 Å². The highest BCUT2D eigenvalue weighted by Gasteiger charge is 2.36. The number of carbonyl (C=O) groups excluding carboxylic acids is 1. The van der Waals surface area contributed by atoms with Crippen molar-refractivity contribution in [2.24, 2.45) is 7.05 Å². The van der Waals surface area contributed by atoms with Crippen molar-refractivity contribution < 1.29 is 22.7 Å². The van der Waals surface area contributed by atoms with Gasteiger partial charge in [-0.15, -0.1) is 0 Å². The van der Waals surface area contributed by atoms with Crippen molar-refractivity contribution in [2.45, 2.75) is 18.9 Å². The fourth-order valence-electron chi connectivity index (χ4n) is 5.09. The maximum atomic E-state index is 14.1. The molecule has 0 bridgehead atoms. The number of rotatable bonds is 8. The molecule has 0 aliphatic carbocycles. The number of methoxy groups -OCH3 is 1. The summed E-state index contributed by atoms with van der Waals surface area (Å²) < 4.78 is 50.4. The van der Waals surface area contributed by atoms with Gasteiger partial charge in [0.25, 0.3) is 0 Å². The van der Waals surface area contributed by atoms with Crippen LogP contribution in [0.4, 0.5) is 23.8 Å². The minimum atomic E-state index is -1.52.